The quantitative estimate of drug-likeness (QED) is 0.358. The van der Waals surface area contributed by atoms with Crippen LogP contribution in [0.25, 0.3) is 0 Å². The van der Waals surface area contributed by atoms with Crippen LogP contribution in [0.5, 0.6) is 0 Å². The van der Waals surface area contributed by atoms with E-state index < -0.39 is 8.56 Å². The lowest BCUT2D eigenvalue weighted by molar-refractivity contribution is 0.188. The Morgan fingerprint density at radius 2 is 1.62 bits per heavy atom. The van der Waals surface area contributed by atoms with Crippen LogP contribution in [0.15, 0.2) is 0 Å². The number of hydrogen-bond acceptors (Lipinski definition) is 2. The van der Waals surface area contributed by atoms with Gasteiger partial charge in [0.25, 0.3) is 0 Å². The Kier molecular flexibility index (Phi) is 8.05. The summed E-state index contributed by atoms with van der Waals surface area (Å²) in [4.78, 5) is 0. The molecule has 0 aromatic heterocycles. The molecule has 0 aromatic rings. The van der Waals surface area contributed by atoms with E-state index in [0.29, 0.717) is 0 Å². The third kappa shape index (κ3) is 6.49. The second-order valence-electron chi connectivity index (χ2n) is 3.15. The van der Waals surface area contributed by atoms with Crippen LogP contribution in [0, 0.1) is 0 Å². The van der Waals surface area contributed by atoms with Gasteiger partial charge in [-0.15, -0.1) is 11.6 Å². The maximum atomic E-state index is 5.69. The highest BCUT2D eigenvalue weighted by atomic mass is 35.5. The highest BCUT2D eigenvalue weighted by Crippen LogP contribution is 2.17. The minimum atomic E-state index is -1.85. The molecular weight excluding hydrogens is 204 g/mol. The van der Waals surface area contributed by atoms with Gasteiger partial charge >= 0.3 is 8.56 Å². The van der Waals surface area contributed by atoms with Crippen molar-refractivity contribution in [3.05, 3.63) is 0 Å². The van der Waals surface area contributed by atoms with Crippen molar-refractivity contribution in [3.63, 3.8) is 0 Å². The van der Waals surface area contributed by atoms with Crippen molar-refractivity contribution in [2.75, 3.05) is 19.1 Å². The summed E-state index contributed by atoms with van der Waals surface area (Å²) in [6.45, 7) is 7.68. The zero-order chi connectivity index (χ0) is 10.2. The van der Waals surface area contributed by atoms with Gasteiger partial charge in [0.1, 0.15) is 0 Å². The molecule has 0 amide bonds. The number of alkyl halides is 1. The lowest BCUT2D eigenvalue weighted by Gasteiger charge is -2.25. The van der Waals surface area contributed by atoms with E-state index in [0.717, 1.165) is 38.0 Å². The summed E-state index contributed by atoms with van der Waals surface area (Å²) in [5, 5.41) is 0. The highest BCUT2D eigenvalue weighted by Gasteiger charge is 2.29. The van der Waals surface area contributed by atoms with Gasteiger partial charge in [-0.1, -0.05) is 6.42 Å². The molecule has 0 aliphatic carbocycles. The third-order valence-corrected chi connectivity index (χ3v) is 5.24. The van der Waals surface area contributed by atoms with E-state index in [4.69, 9.17) is 20.5 Å². The van der Waals surface area contributed by atoms with Crippen molar-refractivity contribution in [1.29, 1.82) is 0 Å². The third-order valence-electron chi connectivity index (χ3n) is 1.91. The monoisotopic (exact) mass is 224 g/mol. The predicted octanol–water partition coefficient (Wildman–Crippen LogP) is 3.15. The number of halogens is 1. The maximum absolute atomic E-state index is 5.69. The van der Waals surface area contributed by atoms with Crippen LogP contribution in [0.3, 0.4) is 0 Å². The van der Waals surface area contributed by atoms with Crippen LogP contribution in [0.2, 0.25) is 12.6 Å². The largest absolute Gasteiger partial charge is 0.395 e. The molecule has 0 unspecified atom stereocenters. The minimum Gasteiger partial charge on any atom is -0.395 e. The molecule has 0 fully saturated rings. The highest BCUT2D eigenvalue weighted by molar-refractivity contribution is 6.66. The topological polar surface area (TPSA) is 18.5 Å². The molecule has 0 atom stereocenters. The Balaban J connectivity index is 3.76. The van der Waals surface area contributed by atoms with E-state index in [-0.39, 0.29) is 0 Å². The van der Waals surface area contributed by atoms with Crippen molar-refractivity contribution in [1.82, 2.24) is 0 Å². The normalized spacial score (nSPS) is 12.0. The van der Waals surface area contributed by atoms with Crippen LogP contribution < -0.4 is 0 Å². The second kappa shape index (κ2) is 7.80. The summed E-state index contributed by atoms with van der Waals surface area (Å²) in [7, 11) is -1.85. The first-order valence-corrected chi connectivity index (χ1v) is 8.08. The molecule has 2 nitrogen and oxygen atoms in total. The van der Waals surface area contributed by atoms with Crippen LogP contribution in [-0.2, 0) is 8.85 Å². The summed E-state index contributed by atoms with van der Waals surface area (Å²) in [6.07, 6.45) is 2.18. The molecule has 0 bridgehead atoms. The summed E-state index contributed by atoms with van der Waals surface area (Å²) in [5.41, 5.74) is 0. The summed E-state index contributed by atoms with van der Waals surface area (Å²) in [5.74, 6) is 0.739. The van der Waals surface area contributed by atoms with Crippen LogP contribution in [0.1, 0.15) is 26.7 Å². The van der Waals surface area contributed by atoms with E-state index in [1.54, 1.807) is 0 Å². The molecule has 0 aliphatic heterocycles. The molecule has 4 heteroatoms. The van der Waals surface area contributed by atoms with E-state index in [1.807, 2.05) is 13.8 Å². The predicted molar refractivity (Wildman–Crippen MR) is 59.6 cm³/mol. The van der Waals surface area contributed by atoms with Crippen molar-refractivity contribution >= 4 is 20.2 Å². The molecular formula is C9H21ClO2Si. The molecule has 0 N–H and O–H groups in total. The number of unbranched alkanes of at least 4 members (excludes halogenated alkanes) is 1. The zero-order valence-electron chi connectivity index (χ0n) is 8.94. The molecule has 0 saturated carbocycles. The smallest absolute Gasteiger partial charge is 0.334 e. The van der Waals surface area contributed by atoms with Gasteiger partial charge in [0.05, 0.1) is 0 Å². The molecule has 0 radical (unpaired) electrons. The Hall–Kier alpha value is 0.427. The number of hydrogen-bond donors (Lipinski definition) is 0. The van der Waals surface area contributed by atoms with E-state index in [9.17, 15) is 0 Å². The molecule has 0 saturated heterocycles. The molecule has 13 heavy (non-hydrogen) atoms. The summed E-state index contributed by atoms with van der Waals surface area (Å²) >= 11 is 5.62. The van der Waals surface area contributed by atoms with Crippen molar-refractivity contribution in [2.24, 2.45) is 0 Å². The molecule has 0 spiro atoms. The Morgan fingerprint density at radius 1 is 1.08 bits per heavy atom. The Labute approximate surface area is 87.8 Å². The fourth-order valence-corrected chi connectivity index (χ4v) is 4.01. The van der Waals surface area contributed by atoms with E-state index in [2.05, 4.69) is 6.55 Å². The van der Waals surface area contributed by atoms with Gasteiger partial charge < -0.3 is 8.85 Å². The molecule has 80 valence electrons. The maximum Gasteiger partial charge on any atom is 0.334 e. The zero-order valence-corrected chi connectivity index (χ0v) is 10.7. The first-order valence-electron chi connectivity index (χ1n) is 5.02. The van der Waals surface area contributed by atoms with Crippen molar-refractivity contribution in [2.45, 2.75) is 39.3 Å². The van der Waals surface area contributed by atoms with Crippen LogP contribution >= 0.6 is 11.6 Å². The lowest BCUT2D eigenvalue weighted by atomic mass is 10.4. The van der Waals surface area contributed by atoms with Gasteiger partial charge in [-0.25, -0.2) is 0 Å². The van der Waals surface area contributed by atoms with Crippen molar-refractivity contribution in [3.8, 4) is 0 Å². The van der Waals surface area contributed by atoms with Crippen LogP contribution in [0.4, 0.5) is 0 Å². The Morgan fingerprint density at radius 3 is 2.00 bits per heavy atom. The molecule has 0 aromatic carbocycles. The average Bonchev–Trinajstić information content (AvgIpc) is 2.05. The molecule has 0 aliphatic rings. The minimum absolute atomic E-state index is 0.739. The van der Waals surface area contributed by atoms with Crippen molar-refractivity contribution < 1.29 is 8.85 Å². The fraction of sp³-hybridized carbons (Fsp3) is 1.00. The number of rotatable bonds is 8. The van der Waals surface area contributed by atoms with Gasteiger partial charge in [0.2, 0.25) is 0 Å². The van der Waals surface area contributed by atoms with Gasteiger partial charge in [0, 0.05) is 19.1 Å². The SMILES string of the molecule is CCO[Si](C)(CCCCCl)OCC. The first-order chi connectivity index (χ1) is 6.18. The molecule has 0 rings (SSSR count). The lowest BCUT2D eigenvalue weighted by Crippen LogP contribution is -2.38. The Bertz CT molecular complexity index is 116. The van der Waals surface area contributed by atoms with Gasteiger partial charge in [0.15, 0.2) is 0 Å². The van der Waals surface area contributed by atoms with Gasteiger partial charge in [-0.05, 0) is 32.9 Å². The van der Waals surface area contributed by atoms with E-state index in [1.165, 1.54) is 0 Å². The fourth-order valence-electron chi connectivity index (χ4n) is 1.34. The first kappa shape index (κ1) is 13.4. The van der Waals surface area contributed by atoms with Gasteiger partial charge in [-0.3, -0.25) is 0 Å². The average molecular weight is 225 g/mol. The van der Waals surface area contributed by atoms with Gasteiger partial charge in [-0.2, -0.15) is 0 Å². The second-order valence-corrected chi connectivity index (χ2v) is 6.87. The van der Waals surface area contributed by atoms with E-state index >= 15 is 0 Å². The molecule has 0 heterocycles. The summed E-state index contributed by atoms with van der Waals surface area (Å²) in [6, 6.07) is 1.06. The summed E-state index contributed by atoms with van der Waals surface area (Å²) < 4.78 is 11.4. The van der Waals surface area contributed by atoms with Crippen LogP contribution in [-0.4, -0.2) is 27.7 Å². The standard InChI is InChI=1S/C9H21ClO2Si/c1-4-11-13(3,12-5-2)9-7-6-8-10/h4-9H2,1-3H3.